The van der Waals surface area contributed by atoms with Crippen molar-refractivity contribution in [2.75, 3.05) is 14.2 Å². The highest BCUT2D eigenvalue weighted by atomic mass is 16.6. The molecule has 38 heavy (non-hydrogen) atoms. The topological polar surface area (TPSA) is 23.4 Å². The maximum atomic E-state index is 5.61. The Morgan fingerprint density at radius 1 is 0.447 bits per heavy atom. The molecule has 0 aliphatic heterocycles. The summed E-state index contributed by atoms with van der Waals surface area (Å²) in [5, 5.41) is 7.29. The van der Waals surface area contributed by atoms with Crippen molar-refractivity contribution in [1.82, 2.24) is 4.57 Å². The Balaban J connectivity index is 1.52. The molecule has 0 saturated heterocycles. The maximum Gasteiger partial charge on any atom is 0.494 e. The van der Waals surface area contributed by atoms with Crippen LogP contribution < -0.4 is 5.46 Å². The van der Waals surface area contributed by atoms with Gasteiger partial charge in [0.15, 0.2) is 0 Å². The predicted molar refractivity (Wildman–Crippen MR) is 161 cm³/mol. The highest BCUT2D eigenvalue weighted by Crippen LogP contribution is 2.39. The Bertz CT molecular complexity index is 1920. The molecule has 4 heteroatoms. The smallest absolute Gasteiger partial charge is 0.410 e. The number of rotatable bonds is 5. The summed E-state index contributed by atoms with van der Waals surface area (Å²) in [6.07, 6.45) is 0. The lowest BCUT2D eigenvalue weighted by atomic mass is 9.74. The standard InChI is InChI=1S/C34H26BNO2/c1-37-35(38-2)31-21-19-25(23-11-3-5-13-27(23)31)26-20-22-34(28-14-6-4-12-24(26)28)36-32-17-9-7-15-29(32)30-16-8-10-18-33(30)36/h3-22H,1-2H3. The number of para-hydroxylation sites is 2. The molecular formula is C34H26BNO2. The first-order valence-corrected chi connectivity index (χ1v) is 12.9. The van der Waals surface area contributed by atoms with Gasteiger partial charge in [0.1, 0.15) is 0 Å². The molecule has 0 spiro atoms. The molecule has 0 N–H and O–H groups in total. The second-order valence-electron chi connectivity index (χ2n) is 9.60. The third kappa shape index (κ3) is 3.38. The van der Waals surface area contributed by atoms with E-state index in [0.717, 1.165) is 10.8 Å². The average Bonchev–Trinajstić information content (AvgIpc) is 3.32. The first-order valence-electron chi connectivity index (χ1n) is 12.9. The molecule has 0 amide bonds. The third-order valence-electron chi connectivity index (χ3n) is 7.65. The Labute approximate surface area is 222 Å². The van der Waals surface area contributed by atoms with Gasteiger partial charge in [-0.05, 0) is 50.9 Å². The van der Waals surface area contributed by atoms with E-state index in [1.54, 1.807) is 14.2 Å². The van der Waals surface area contributed by atoms with Gasteiger partial charge in [-0.3, -0.25) is 0 Å². The minimum atomic E-state index is -0.414. The lowest BCUT2D eigenvalue weighted by Crippen LogP contribution is -2.35. The highest BCUT2D eigenvalue weighted by Gasteiger charge is 2.22. The van der Waals surface area contributed by atoms with Crippen molar-refractivity contribution in [1.29, 1.82) is 0 Å². The van der Waals surface area contributed by atoms with E-state index in [9.17, 15) is 0 Å². The molecule has 0 fully saturated rings. The zero-order chi connectivity index (χ0) is 25.6. The zero-order valence-electron chi connectivity index (χ0n) is 21.4. The molecule has 0 atom stereocenters. The number of fused-ring (bicyclic) bond motifs is 5. The molecule has 182 valence electrons. The van der Waals surface area contributed by atoms with E-state index in [2.05, 4.69) is 126 Å². The van der Waals surface area contributed by atoms with Crippen molar-refractivity contribution in [2.24, 2.45) is 0 Å². The zero-order valence-corrected chi connectivity index (χ0v) is 21.4. The average molecular weight is 491 g/mol. The van der Waals surface area contributed by atoms with E-state index in [0.29, 0.717) is 0 Å². The fourth-order valence-corrected chi connectivity index (χ4v) is 6.01. The quantitative estimate of drug-likeness (QED) is 0.230. The number of hydrogen-bond donors (Lipinski definition) is 0. The van der Waals surface area contributed by atoms with E-state index in [1.165, 1.54) is 54.8 Å². The summed E-state index contributed by atoms with van der Waals surface area (Å²) in [5.74, 6) is 0. The van der Waals surface area contributed by atoms with Crippen molar-refractivity contribution >= 4 is 55.9 Å². The monoisotopic (exact) mass is 491 g/mol. The van der Waals surface area contributed by atoms with Crippen LogP contribution in [0, 0.1) is 0 Å². The molecule has 0 saturated carbocycles. The second kappa shape index (κ2) is 9.18. The molecule has 0 radical (unpaired) electrons. The Kier molecular flexibility index (Phi) is 5.51. The van der Waals surface area contributed by atoms with E-state index in [-0.39, 0.29) is 0 Å². The van der Waals surface area contributed by atoms with Gasteiger partial charge in [0.25, 0.3) is 0 Å². The Morgan fingerprint density at radius 2 is 0.895 bits per heavy atom. The summed E-state index contributed by atoms with van der Waals surface area (Å²) in [6.45, 7) is 0. The third-order valence-corrected chi connectivity index (χ3v) is 7.65. The minimum absolute atomic E-state index is 0.414. The first kappa shape index (κ1) is 22.8. The fraction of sp³-hybridized carbons (Fsp3) is 0.0588. The fourth-order valence-electron chi connectivity index (χ4n) is 6.01. The molecule has 6 aromatic carbocycles. The van der Waals surface area contributed by atoms with Crippen LogP contribution in [0.25, 0.3) is 60.2 Å². The molecule has 1 heterocycles. The summed E-state index contributed by atoms with van der Waals surface area (Å²) in [4.78, 5) is 0. The van der Waals surface area contributed by atoms with Gasteiger partial charge in [-0.2, -0.15) is 0 Å². The van der Waals surface area contributed by atoms with Crippen LogP contribution in [0.1, 0.15) is 0 Å². The van der Waals surface area contributed by atoms with Crippen LogP contribution in [0.5, 0.6) is 0 Å². The van der Waals surface area contributed by atoms with Gasteiger partial charge in [-0.25, -0.2) is 0 Å². The number of benzene rings is 6. The van der Waals surface area contributed by atoms with E-state index in [4.69, 9.17) is 9.31 Å². The van der Waals surface area contributed by atoms with Crippen molar-refractivity contribution in [2.45, 2.75) is 0 Å². The van der Waals surface area contributed by atoms with Crippen molar-refractivity contribution in [3.05, 3.63) is 121 Å². The maximum absolute atomic E-state index is 5.61. The summed E-state index contributed by atoms with van der Waals surface area (Å²) in [5.41, 5.74) is 7.04. The van der Waals surface area contributed by atoms with Crippen LogP contribution in [-0.2, 0) is 9.31 Å². The number of hydrogen-bond acceptors (Lipinski definition) is 2. The van der Waals surface area contributed by atoms with Crippen molar-refractivity contribution < 1.29 is 9.31 Å². The Hall–Kier alpha value is -4.38. The molecule has 0 bridgehead atoms. The second-order valence-corrected chi connectivity index (χ2v) is 9.60. The number of nitrogens with zero attached hydrogens (tertiary/aromatic N) is 1. The van der Waals surface area contributed by atoms with Crippen LogP contribution in [0.4, 0.5) is 0 Å². The molecular weight excluding hydrogens is 465 g/mol. The SMILES string of the molecule is COB(OC)c1ccc(-c2ccc(-n3c4ccccc4c4ccccc43)c3ccccc23)c2ccccc12. The van der Waals surface area contributed by atoms with Gasteiger partial charge in [-0.1, -0.05) is 103 Å². The van der Waals surface area contributed by atoms with Crippen LogP contribution in [-0.4, -0.2) is 25.9 Å². The van der Waals surface area contributed by atoms with E-state index in [1.807, 2.05) is 0 Å². The summed E-state index contributed by atoms with van der Waals surface area (Å²) in [7, 11) is 2.94. The first-order chi connectivity index (χ1) is 18.8. The van der Waals surface area contributed by atoms with Crippen LogP contribution >= 0.6 is 0 Å². The van der Waals surface area contributed by atoms with Crippen LogP contribution in [0.3, 0.4) is 0 Å². The molecule has 0 aliphatic carbocycles. The van der Waals surface area contributed by atoms with Gasteiger partial charge < -0.3 is 13.9 Å². The lowest BCUT2D eigenvalue weighted by Gasteiger charge is -2.18. The predicted octanol–water partition coefficient (Wildman–Crippen LogP) is 7.75. The molecule has 0 unspecified atom stereocenters. The summed E-state index contributed by atoms with van der Waals surface area (Å²) >= 11 is 0. The van der Waals surface area contributed by atoms with Gasteiger partial charge in [0, 0.05) is 30.4 Å². The minimum Gasteiger partial charge on any atom is -0.410 e. The molecule has 1 aromatic heterocycles. The molecule has 3 nitrogen and oxygen atoms in total. The summed E-state index contributed by atoms with van der Waals surface area (Å²) in [6, 6.07) is 43.4. The van der Waals surface area contributed by atoms with Gasteiger partial charge in [-0.15, -0.1) is 0 Å². The largest absolute Gasteiger partial charge is 0.494 e. The highest BCUT2D eigenvalue weighted by molar-refractivity contribution is 6.64. The van der Waals surface area contributed by atoms with Crippen molar-refractivity contribution in [3.63, 3.8) is 0 Å². The lowest BCUT2D eigenvalue weighted by molar-refractivity contribution is 0.292. The number of aromatic nitrogens is 1. The summed E-state index contributed by atoms with van der Waals surface area (Å²) < 4.78 is 13.6. The molecule has 0 aliphatic rings. The molecule has 7 rings (SSSR count). The normalized spacial score (nSPS) is 11.6. The van der Waals surface area contributed by atoms with E-state index < -0.39 is 7.12 Å². The van der Waals surface area contributed by atoms with Crippen LogP contribution in [0.2, 0.25) is 0 Å². The van der Waals surface area contributed by atoms with Gasteiger partial charge in [0.2, 0.25) is 0 Å². The van der Waals surface area contributed by atoms with E-state index >= 15 is 0 Å². The molecule has 7 aromatic rings. The van der Waals surface area contributed by atoms with Crippen LogP contribution in [0.15, 0.2) is 121 Å². The van der Waals surface area contributed by atoms with Gasteiger partial charge in [0.05, 0.1) is 16.7 Å². The Morgan fingerprint density at radius 3 is 1.47 bits per heavy atom. The van der Waals surface area contributed by atoms with Gasteiger partial charge >= 0.3 is 7.12 Å². The van der Waals surface area contributed by atoms with Crippen molar-refractivity contribution in [3.8, 4) is 16.8 Å².